The van der Waals surface area contributed by atoms with Crippen molar-refractivity contribution < 1.29 is 44.2 Å². The normalized spacial score (nSPS) is 29.1. The second-order valence-electron chi connectivity index (χ2n) is 12.6. The smallest absolute Gasteiger partial charge is 0.373 e. The van der Waals surface area contributed by atoms with Crippen LogP contribution in [-0.4, -0.2) is 83.0 Å². The number of ether oxygens (including phenoxy) is 3. The van der Waals surface area contributed by atoms with Crippen molar-refractivity contribution in [2.24, 2.45) is 29.6 Å². The van der Waals surface area contributed by atoms with E-state index in [4.69, 9.17) is 14.2 Å². The Bertz CT molecular complexity index is 1100. The Kier molecular flexibility index (Phi) is 16.5. The zero-order chi connectivity index (χ0) is 33.9. The van der Waals surface area contributed by atoms with Crippen molar-refractivity contribution in [1.29, 1.82) is 0 Å². The van der Waals surface area contributed by atoms with E-state index in [2.05, 4.69) is 0 Å². The van der Waals surface area contributed by atoms with Crippen LogP contribution in [0, 0.1) is 29.6 Å². The first-order valence-electron chi connectivity index (χ1n) is 15.4. The number of carbonyl (C=O) groups excluding carboxylic acids is 2. The molecule has 0 amide bonds. The minimum absolute atomic E-state index is 0.00677. The number of ketones is 1. The van der Waals surface area contributed by atoms with Crippen LogP contribution in [0.25, 0.3) is 0 Å². The van der Waals surface area contributed by atoms with Gasteiger partial charge in [-0.3, -0.25) is 4.79 Å². The number of hydrogen-bond acceptors (Lipinski definition) is 9. The molecule has 10 unspecified atom stereocenters. The fourth-order valence-electron chi connectivity index (χ4n) is 5.38. The van der Waals surface area contributed by atoms with Crippen LogP contribution in [0.1, 0.15) is 68.7 Å². The van der Waals surface area contributed by atoms with Crippen LogP contribution in [0.5, 0.6) is 0 Å². The quantitative estimate of drug-likeness (QED) is 0.206. The second kappa shape index (κ2) is 18.4. The maximum absolute atomic E-state index is 13.4. The molecule has 0 fully saturated rings. The lowest BCUT2D eigenvalue weighted by molar-refractivity contribution is -0.162. The molecule has 1 heterocycles. The molecule has 0 aliphatic carbocycles. The average molecular weight is 621 g/mol. The summed E-state index contributed by atoms with van der Waals surface area (Å²) in [6, 6.07) is 0. The van der Waals surface area contributed by atoms with Gasteiger partial charge in [-0.15, -0.1) is 0 Å². The van der Waals surface area contributed by atoms with E-state index in [1.165, 1.54) is 20.3 Å². The molecule has 44 heavy (non-hydrogen) atoms. The van der Waals surface area contributed by atoms with Gasteiger partial charge in [-0.25, -0.2) is 4.79 Å². The van der Waals surface area contributed by atoms with Gasteiger partial charge in [0.25, 0.3) is 0 Å². The van der Waals surface area contributed by atoms with Crippen LogP contribution in [-0.2, 0) is 23.8 Å². The Labute approximate surface area is 264 Å². The average Bonchev–Trinajstić information content (AvgIpc) is 2.99. The van der Waals surface area contributed by atoms with Gasteiger partial charge in [0.15, 0.2) is 0 Å². The zero-order valence-corrected chi connectivity index (χ0v) is 28.4. The number of cyclic esters (lactones) is 1. The molecular weight excluding hydrogens is 564 g/mol. The number of Topliss-reactive ketones (excluding diaryl/α,β-unsaturated/α-hetero) is 1. The lowest BCUT2D eigenvalue weighted by Crippen LogP contribution is -2.45. The maximum Gasteiger partial charge on any atom is 0.373 e. The topological polar surface area (TPSA) is 143 Å². The lowest BCUT2D eigenvalue weighted by atomic mass is 9.83. The fourth-order valence-corrected chi connectivity index (χ4v) is 5.38. The van der Waals surface area contributed by atoms with E-state index in [-0.39, 0.29) is 29.8 Å². The highest BCUT2D eigenvalue weighted by Gasteiger charge is 2.38. The van der Waals surface area contributed by atoms with E-state index in [1.54, 1.807) is 71.9 Å². The van der Waals surface area contributed by atoms with Gasteiger partial charge in [0.05, 0.1) is 31.5 Å². The molecular formula is C35H56O9. The standard InChI is InChI=1S/C35H56O9/c1-19(2)30(37)22(5)15-16-27(36)24(7)33(40)26(9)34-28(42-10)14-12-13-21(4)31(38)25(8)32(39)23(6)17-20(3)18-29(43-11)35(41)44-34/h12-15,17-19,23-26,28,30-34,37-40H,16H2,1-11H3. The van der Waals surface area contributed by atoms with Gasteiger partial charge in [-0.05, 0) is 43.9 Å². The number of allylic oxidation sites excluding steroid dienone is 5. The summed E-state index contributed by atoms with van der Waals surface area (Å²) in [6.45, 7) is 16.0. The van der Waals surface area contributed by atoms with Gasteiger partial charge in [0, 0.05) is 37.2 Å². The molecule has 1 aliphatic heterocycles. The summed E-state index contributed by atoms with van der Waals surface area (Å²) in [5, 5.41) is 43.4. The molecule has 9 nitrogen and oxygen atoms in total. The number of rotatable bonds is 10. The SMILES string of the molecule is COC1=CC(C)=CC(C)C(O)C(C)C(O)C(C)=CC=CC(OC)C(C(C)C(O)C(C)C(=O)CC=C(C)C(O)C(C)C)OC1=O. The van der Waals surface area contributed by atoms with E-state index in [9.17, 15) is 30.0 Å². The molecule has 10 atom stereocenters. The molecule has 250 valence electrons. The molecule has 4 N–H and O–H groups in total. The lowest BCUT2D eigenvalue weighted by Gasteiger charge is -2.34. The minimum atomic E-state index is -1.19. The first kappa shape index (κ1) is 39.5. The van der Waals surface area contributed by atoms with Gasteiger partial charge in [0.2, 0.25) is 5.76 Å². The largest absolute Gasteiger partial charge is 0.490 e. The molecule has 1 aliphatic rings. The van der Waals surface area contributed by atoms with E-state index >= 15 is 0 Å². The van der Waals surface area contributed by atoms with E-state index < -0.39 is 60.3 Å². The van der Waals surface area contributed by atoms with E-state index in [1.807, 2.05) is 20.8 Å². The van der Waals surface area contributed by atoms with Crippen molar-refractivity contribution in [2.45, 2.75) is 105 Å². The highest BCUT2D eigenvalue weighted by Crippen LogP contribution is 2.28. The van der Waals surface area contributed by atoms with Gasteiger partial charge < -0.3 is 34.6 Å². The first-order valence-corrected chi connectivity index (χ1v) is 15.4. The Morgan fingerprint density at radius 1 is 1.09 bits per heavy atom. The maximum atomic E-state index is 13.4. The number of methoxy groups -OCH3 is 2. The Balaban J connectivity index is 3.51. The summed E-state index contributed by atoms with van der Waals surface area (Å²) in [5.41, 5.74) is 1.95. The number of carbonyl (C=O) groups is 2. The van der Waals surface area contributed by atoms with E-state index in [0.29, 0.717) is 16.7 Å². The summed E-state index contributed by atoms with van der Waals surface area (Å²) in [7, 11) is 2.79. The fraction of sp³-hybridized carbons (Fsp3) is 0.657. The highest BCUT2D eigenvalue weighted by atomic mass is 16.6. The Morgan fingerprint density at radius 2 is 1.70 bits per heavy atom. The predicted molar refractivity (Wildman–Crippen MR) is 171 cm³/mol. The third kappa shape index (κ3) is 11.1. The van der Waals surface area contributed by atoms with Gasteiger partial charge in [-0.2, -0.15) is 0 Å². The Hall–Kier alpha value is -2.56. The number of aliphatic hydroxyl groups excluding tert-OH is 4. The third-order valence-electron chi connectivity index (χ3n) is 8.65. The summed E-state index contributed by atoms with van der Waals surface area (Å²) in [4.78, 5) is 26.5. The molecule has 0 aromatic rings. The van der Waals surface area contributed by atoms with Crippen molar-refractivity contribution in [3.63, 3.8) is 0 Å². The van der Waals surface area contributed by atoms with Crippen molar-refractivity contribution in [1.82, 2.24) is 0 Å². The van der Waals surface area contributed by atoms with Crippen molar-refractivity contribution >= 4 is 11.8 Å². The monoisotopic (exact) mass is 620 g/mol. The number of esters is 1. The molecule has 0 saturated carbocycles. The van der Waals surface area contributed by atoms with E-state index in [0.717, 1.165) is 0 Å². The van der Waals surface area contributed by atoms with Crippen LogP contribution in [0.4, 0.5) is 0 Å². The van der Waals surface area contributed by atoms with Gasteiger partial charge in [-0.1, -0.05) is 77.5 Å². The third-order valence-corrected chi connectivity index (χ3v) is 8.65. The van der Waals surface area contributed by atoms with Crippen LogP contribution in [0.15, 0.2) is 58.9 Å². The number of hydrogen-bond donors (Lipinski definition) is 4. The molecule has 0 bridgehead atoms. The molecule has 0 saturated heterocycles. The van der Waals surface area contributed by atoms with Crippen LogP contribution in [0.2, 0.25) is 0 Å². The van der Waals surface area contributed by atoms with Crippen LogP contribution >= 0.6 is 0 Å². The summed E-state index contributed by atoms with van der Waals surface area (Å²) in [6.07, 6.45) is 4.56. The van der Waals surface area contributed by atoms with Crippen LogP contribution in [0.3, 0.4) is 0 Å². The molecule has 9 heteroatoms. The predicted octanol–water partition coefficient (Wildman–Crippen LogP) is 4.46. The highest BCUT2D eigenvalue weighted by molar-refractivity contribution is 5.87. The van der Waals surface area contributed by atoms with Crippen molar-refractivity contribution in [3.05, 3.63) is 58.9 Å². The second-order valence-corrected chi connectivity index (χ2v) is 12.6. The molecule has 0 aromatic heterocycles. The van der Waals surface area contributed by atoms with Crippen molar-refractivity contribution in [3.8, 4) is 0 Å². The van der Waals surface area contributed by atoms with Gasteiger partial charge in [0.1, 0.15) is 18.0 Å². The minimum Gasteiger partial charge on any atom is -0.490 e. The first-order chi connectivity index (χ1) is 20.5. The molecule has 0 spiro atoms. The summed E-state index contributed by atoms with van der Waals surface area (Å²) >= 11 is 0. The van der Waals surface area contributed by atoms with Crippen LogP contribution < -0.4 is 0 Å². The number of aliphatic hydroxyl groups is 4. The molecule has 0 radical (unpaired) electrons. The molecule has 1 rings (SSSR count). The Morgan fingerprint density at radius 3 is 2.25 bits per heavy atom. The zero-order valence-electron chi connectivity index (χ0n) is 28.4. The molecule has 0 aromatic carbocycles. The van der Waals surface area contributed by atoms with Gasteiger partial charge >= 0.3 is 5.97 Å². The summed E-state index contributed by atoms with van der Waals surface area (Å²) in [5.74, 6) is -3.46. The van der Waals surface area contributed by atoms with Crippen molar-refractivity contribution in [2.75, 3.05) is 14.2 Å². The summed E-state index contributed by atoms with van der Waals surface area (Å²) < 4.78 is 17.0.